The predicted octanol–water partition coefficient (Wildman–Crippen LogP) is 3.46. The maximum absolute atomic E-state index is 11.3. The number of rotatable bonds is 6. The molecule has 0 aliphatic carbocycles. The molecule has 1 aliphatic heterocycles. The van der Waals surface area contributed by atoms with E-state index in [9.17, 15) is 10.1 Å². The van der Waals surface area contributed by atoms with E-state index in [1.54, 1.807) is 12.1 Å². The van der Waals surface area contributed by atoms with E-state index in [2.05, 4.69) is 24.1 Å². The molecule has 6 heteroatoms. The molecule has 1 atom stereocenters. The second kappa shape index (κ2) is 7.09. The summed E-state index contributed by atoms with van der Waals surface area (Å²) in [6.45, 7) is 6.81. The summed E-state index contributed by atoms with van der Waals surface area (Å²) in [6.07, 6.45) is 2.28. The highest BCUT2D eigenvalue weighted by Crippen LogP contribution is 2.32. The number of hydrogen-bond acceptors (Lipinski definition) is 4. The molecule has 5 nitrogen and oxygen atoms in total. The zero-order valence-electron chi connectivity index (χ0n) is 12.5. The van der Waals surface area contributed by atoms with Crippen molar-refractivity contribution in [1.82, 2.24) is 5.32 Å². The molecule has 0 aromatic heterocycles. The molecule has 1 fully saturated rings. The van der Waals surface area contributed by atoms with Crippen molar-refractivity contribution in [3.05, 3.63) is 33.3 Å². The van der Waals surface area contributed by atoms with Gasteiger partial charge in [0.2, 0.25) is 0 Å². The first-order valence-electron chi connectivity index (χ1n) is 7.39. The molecule has 1 N–H and O–H groups in total. The monoisotopic (exact) mass is 311 g/mol. The number of nitrogens with one attached hydrogen (secondary N) is 1. The van der Waals surface area contributed by atoms with Gasteiger partial charge in [-0.2, -0.15) is 0 Å². The van der Waals surface area contributed by atoms with Crippen molar-refractivity contribution in [3.63, 3.8) is 0 Å². The normalized spacial score (nSPS) is 18.2. The zero-order valence-corrected chi connectivity index (χ0v) is 13.3. The van der Waals surface area contributed by atoms with Gasteiger partial charge in [0, 0.05) is 30.2 Å². The Morgan fingerprint density at radius 1 is 1.52 bits per heavy atom. The Kier molecular flexibility index (Phi) is 5.42. The van der Waals surface area contributed by atoms with Crippen molar-refractivity contribution in [2.24, 2.45) is 5.92 Å². The summed E-state index contributed by atoms with van der Waals surface area (Å²) < 4.78 is 0. The minimum absolute atomic E-state index is 0.123. The first-order chi connectivity index (χ1) is 9.97. The maximum Gasteiger partial charge on any atom is 0.292 e. The highest BCUT2D eigenvalue weighted by molar-refractivity contribution is 6.31. The predicted molar refractivity (Wildman–Crippen MR) is 86.2 cm³/mol. The number of nitrogens with zero attached hydrogens (tertiary/aromatic N) is 2. The van der Waals surface area contributed by atoms with Gasteiger partial charge in [0.1, 0.15) is 5.69 Å². The lowest BCUT2D eigenvalue weighted by atomic mass is 10.1. The summed E-state index contributed by atoms with van der Waals surface area (Å²) in [7, 11) is 0. The number of anilines is 1. The Hall–Kier alpha value is -1.33. The molecule has 0 saturated carbocycles. The lowest BCUT2D eigenvalue weighted by Crippen LogP contribution is -2.39. The Bertz CT molecular complexity index is 502. The largest absolute Gasteiger partial charge is 0.364 e. The summed E-state index contributed by atoms with van der Waals surface area (Å²) in [5.74, 6) is 0.421. The standard InChI is InChI=1S/C15H22ClN3O2/c1-11(2)9-18(10-13-4-3-7-17-13)15-8-12(16)5-6-14(15)19(20)21/h5-6,8,11,13,17H,3-4,7,9-10H2,1-2H3. The maximum atomic E-state index is 11.3. The fraction of sp³-hybridized carbons (Fsp3) is 0.600. The summed E-state index contributed by atoms with van der Waals surface area (Å²) in [4.78, 5) is 13.0. The quantitative estimate of drug-likeness (QED) is 0.645. The van der Waals surface area contributed by atoms with Crippen molar-refractivity contribution in [3.8, 4) is 0 Å². The second-order valence-electron chi connectivity index (χ2n) is 5.98. The zero-order chi connectivity index (χ0) is 15.4. The molecular weight excluding hydrogens is 290 g/mol. The molecule has 2 rings (SSSR count). The molecule has 0 spiro atoms. The number of benzene rings is 1. The average Bonchev–Trinajstić information content (AvgIpc) is 2.90. The number of nitro groups is 1. The van der Waals surface area contributed by atoms with Gasteiger partial charge in [-0.15, -0.1) is 0 Å². The van der Waals surface area contributed by atoms with Gasteiger partial charge >= 0.3 is 0 Å². The van der Waals surface area contributed by atoms with Gasteiger partial charge in [-0.1, -0.05) is 25.4 Å². The van der Waals surface area contributed by atoms with Gasteiger partial charge in [-0.05, 0) is 37.4 Å². The highest BCUT2D eigenvalue weighted by Gasteiger charge is 2.24. The third-order valence-corrected chi connectivity index (χ3v) is 3.90. The van der Waals surface area contributed by atoms with Crippen LogP contribution in [0.3, 0.4) is 0 Å². The lowest BCUT2D eigenvalue weighted by molar-refractivity contribution is -0.384. The third kappa shape index (κ3) is 4.32. The molecule has 21 heavy (non-hydrogen) atoms. The van der Waals surface area contributed by atoms with Gasteiger partial charge in [-0.25, -0.2) is 0 Å². The first kappa shape index (κ1) is 16.0. The Balaban J connectivity index is 2.29. The Morgan fingerprint density at radius 2 is 2.29 bits per heavy atom. The Morgan fingerprint density at radius 3 is 2.86 bits per heavy atom. The molecule has 1 aliphatic rings. The molecular formula is C15H22ClN3O2. The van der Waals surface area contributed by atoms with E-state index in [1.165, 1.54) is 6.07 Å². The van der Waals surface area contributed by atoms with Crippen molar-refractivity contribution >= 4 is 23.0 Å². The topological polar surface area (TPSA) is 58.4 Å². The summed E-state index contributed by atoms with van der Waals surface area (Å²) >= 11 is 6.05. The van der Waals surface area contributed by atoms with E-state index in [-0.39, 0.29) is 10.6 Å². The van der Waals surface area contributed by atoms with E-state index in [0.29, 0.717) is 22.7 Å². The van der Waals surface area contributed by atoms with Crippen LogP contribution in [-0.2, 0) is 0 Å². The van der Waals surface area contributed by atoms with Gasteiger partial charge in [0.15, 0.2) is 0 Å². The van der Waals surface area contributed by atoms with Crippen LogP contribution in [0.25, 0.3) is 0 Å². The molecule has 0 radical (unpaired) electrons. The first-order valence-corrected chi connectivity index (χ1v) is 7.77. The van der Waals surface area contributed by atoms with Gasteiger partial charge in [-0.3, -0.25) is 10.1 Å². The molecule has 1 saturated heterocycles. The van der Waals surface area contributed by atoms with Crippen LogP contribution in [0, 0.1) is 16.0 Å². The van der Waals surface area contributed by atoms with Gasteiger partial charge in [0.25, 0.3) is 5.69 Å². The SMILES string of the molecule is CC(C)CN(CC1CCCN1)c1cc(Cl)ccc1[N+](=O)[O-]. The molecule has 1 aromatic rings. The number of hydrogen-bond donors (Lipinski definition) is 1. The van der Waals surface area contributed by atoms with E-state index in [1.807, 2.05) is 0 Å². The smallest absolute Gasteiger partial charge is 0.292 e. The van der Waals surface area contributed by atoms with Crippen LogP contribution in [0.15, 0.2) is 18.2 Å². The number of nitro benzene ring substituents is 1. The number of halogens is 1. The van der Waals surface area contributed by atoms with Crippen molar-refractivity contribution in [2.45, 2.75) is 32.7 Å². The third-order valence-electron chi connectivity index (χ3n) is 3.66. The highest BCUT2D eigenvalue weighted by atomic mass is 35.5. The fourth-order valence-corrected chi connectivity index (χ4v) is 2.96. The van der Waals surface area contributed by atoms with Crippen LogP contribution in [0.5, 0.6) is 0 Å². The molecule has 1 heterocycles. The van der Waals surface area contributed by atoms with Crippen LogP contribution in [0.1, 0.15) is 26.7 Å². The van der Waals surface area contributed by atoms with Gasteiger partial charge < -0.3 is 10.2 Å². The van der Waals surface area contributed by atoms with Crippen molar-refractivity contribution < 1.29 is 4.92 Å². The molecule has 1 unspecified atom stereocenters. The van der Waals surface area contributed by atoms with Crippen LogP contribution in [0.2, 0.25) is 5.02 Å². The van der Waals surface area contributed by atoms with Crippen LogP contribution >= 0.6 is 11.6 Å². The van der Waals surface area contributed by atoms with Crippen LogP contribution < -0.4 is 10.2 Å². The molecule has 116 valence electrons. The van der Waals surface area contributed by atoms with E-state index in [4.69, 9.17) is 11.6 Å². The van der Waals surface area contributed by atoms with Crippen molar-refractivity contribution in [1.29, 1.82) is 0 Å². The summed E-state index contributed by atoms with van der Waals surface area (Å²) in [6, 6.07) is 5.16. The Labute approximate surface area is 130 Å². The summed E-state index contributed by atoms with van der Waals surface area (Å²) in [5.41, 5.74) is 0.743. The fourth-order valence-electron chi connectivity index (χ4n) is 2.79. The van der Waals surface area contributed by atoms with E-state index >= 15 is 0 Å². The minimum Gasteiger partial charge on any atom is -0.364 e. The van der Waals surface area contributed by atoms with Crippen LogP contribution in [0.4, 0.5) is 11.4 Å². The van der Waals surface area contributed by atoms with Crippen molar-refractivity contribution in [2.75, 3.05) is 24.5 Å². The summed E-state index contributed by atoms with van der Waals surface area (Å²) in [5, 5.41) is 15.3. The van der Waals surface area contributed by atoms with Gasteiger partial charge in [0.05, 0.1) is 4.92 Å². The van der Waals surface area contributed by atoms with E-state index < -0.39 is 0 Å². The van der Waals surface area contributed by atoms with E-state index in [0.717, 1.165) is 32.5 Å². The molecule has 0 bridgehead atoms. The second-order valence-corrected chi connectivity index (χ2v) is 6.42. The molecule has 1 aromatic carbocycles. The molecule has 0 amide bonds. The lowest BCUT2D eigenvalue weighted by Gasteiger charge is -2.29. The average molecular weight is 312 g/mol. The van der Waals surface area contributed by atoms with Crippen LogP contribution in [-0.4, -0.2) is 30.6 Å². The minimum atomic E-state index is -0.332.